The summed E-state index contributed by atoms with van der Waals surface area (Å²) in [4.78, 5) is 38.7. The standard InChI is InChI=1S/C24H34F3N3O3.C4H6O4/c1-15(2)23(7-4-18(11-23)29-20-6-9-33-14-21(20)32-3)22(31)30-8-5-19-16(13-30)10-17(12-28-19)24(25,26)27;5-3-8-2-1-4(6)7/h10,12,15,18,20-21,29H,4-9,11,13-14H2,1-3H3;3H,1-2H2,(H,6,7)/t18-,20+,21-,23+;/m1./s1. The third kappa shape index (κ3) is 8.39. The lowest BCUT2D eigenvalue weighted by Crippen LogP contribution is -2.52. The largest absolute Gasteiger partial charge is 0.481 e. The molecule has 41 heavy (non-hydrogen) atoms. The molecular formula is C28H40F3N3O7. The van der Waals surface area contributed by atoms with Crippen LogP contribution >= 0.6 is 0 Å². The Morgan fingerprint density at radius 1 is 1.34 bits per heavy atom. The van der Waals surface area contributed by atoms with Gasteiger partial charge in [-0.2, -0.15) is 13.2 Å². The highest BCUT2D eigenvalue weighted by atomic mass is 19.4. The van der Waals surface area contributed by atoms with Crippen LogP contribution in [0.25, 0.3) is 0 Å². The minimum atomic E-state index is -4.44. The first-order valence-electron chi connectivity index (χ1n) is 13.9. The lowest BCUT2D eigenvalue weighted by atomic mass is 9.74. The summed E-state index contributed by atoms with van der Waals surface area (Å²) in [6.45, 7) is 6.27. The third-order valence-electron chi connectivity index (χ3n) is 8.29. The second-order valence-electron chi connectivity index (χ2n) is 11.1. The van der Waals surface area contributed by atoms with E-state index in [9.17, 15) is 27.6 Å². The molecule has 2 N–H and O–H groups in total. The summed E-state index contributed by atoms with van der Waals surface area (Å²) in [5, 5.41) is 11.7. The zero-order valence-corrected chi connectivity index (χ0v) is 23.7. The van der Waals surface area contributed by atoms with Gasteiger partial charge in [0.1, 0.15) is 6.61 Å². The average molecular weight is 588 g/mol. The number of aromatic nitrogens is 1. The summed E-state index contributed by atoms with van der Waals surface area (Å²) < 4.78 is 54.7. The summed E-state index contributed by atoms with van der Waals surface area (Å²) in [5.74, 6) is -0.780. The number of carbonyl (C=O) groups excluding carboxylic acids is 2. The average Bonchev–Trinajstić information content (AvgIpc) is 3.37. The minimum absolute atomic E-state index is 0.00238. The number of carbonyl (C=O) groups is 3. The number of aliphatic carboxylic acids is 1. The predicted molar refractivity (Wildman–Crippen MR) is 141 cm³/mol. The van der Waals surface area contributed by atoms with Gasteiger partial charge in [0.2, 0.25) is 5.91 Å². The Balaban J connectivity index is 0.000000507. The monoisotopic (exact) mass is 587 g/mol. The van der Waals surface area contributed by atoms with Crippen molar-refractivity contribution >= 4 is 18.3 Å². The fourth-order valence-corrected chi connectivity index (χ4v) is 5.88. The Morgan fingerprint density at radius 3 is 2.73 bits per heavy atom. The number of hydrogen-bond donors (Lipinski definition) is 2. The van der Waals surface area contributed by atoms with E-state index in [1.54, 1.807) is 12.0 Å². The zero-order valence-electron chi connectivity index (χ0n) is 23.7. The Hall–Kier alpha value is -2.77. The molecule has 1 saturated carbocycles. The number of carboxylic acids is 1. The Morgan fingerprint density at radius 2 is 2.10 bits per heavy atom. The van der Waals surface area contributed by atoms with Crippen LogP contribution in [0.5, 0.6) is 0 Å². The zero-order chi connectivity index (χ0) is 30.2. The molecule has 3 aliphatic rings. The van der Waals surface area contributed by atoms with Crippen molar-refractivity contribution in [3.05, 3.63) is 29.1 Å². The fraction of sp³-hybridized carbons (Fsp3) is 0.714. The van der Waals surface area contributed by atoms with Gasteiger partial charge >= 0.3 is 12.1 Å². The highest BCUT2D eigenvalue weighted by molar-refractivity contribution is 5.83. The van der Waals surface area contributed by atoms with Gasteiger partial charge in [0.25, 0.3) is 6.47 Å². The predicted octanol–water partition coefficient (Wildman–Crippen LogP) is 3.21. The Kier molecular flexibility index (Phi) is 11.5. The molecule has 1 aromatic rings. The fourth-order valence-electron chi connectivity index (χ4n) is 5.88. The molecule has 4 atom stereocenters. The van der Waals surface area contributed by atoms with Gasteiger partial charge in [-0.1, -0.05) is 13.8 Å². The molecule has 3 heterocycles. The van der Waals surface area contributed by atoms with Crippen molar-refractivity contribution in [1.29, 1.82) is 0 Å². The molecule has 4 rings (SSSR count). The molecule has 0 radical (unpaired) electrons. The van der Waals surface area contributed by atoms with Gasteiger partial charge in [0, 0.05) is 57.2 Å². The van der Waals surface area contributed by atoms with Crippen molar-refractivity contribution in [1.82, 2.24) is 15.2 Å². The van der Waals surface area contributed by atoms with Crippen LogP contribution in [-0.2, 0) is 47.7 Å². The van der Waals surface area contributed by atoms with Gasteiger partial charge in [-0.15, -0.1) is 0 Å². The number of methoxy groups -OCH3 is 1. The van der Waals surface area contributed by atoms with Crippen LogP contribution in [0, 0.1) is 11.3 Å². The van der Waals surface area contributed by atoms with Crippen LogP contribution in [0.4, 0.5) is 13.2 Å². The molecule has 0 spiro atoms. The molecular weight excluding hydrogens is 547 g/mol. The maximum absolute atomic E-state index is 13.8. The molecule has 1 aliphatic carbocycles. The van der Waals surface area contributed by atoms with Gasteiger partial charge < -0.3 is 29.5 Å². The number of alkyl halides is 3. The number of ether oxygens (including phenoxy) is 3. The number of fused-ring (bicyclic) bond motifs is 1. The van der Waals surface area contributed by atoms with Gasteiger partial charge in [0.05, 0.1) is 30.1 Å². The molecule has 0 aromatic carbocycles. The Bertz CT molecular complexity index is 1060. The molecule has 2 fully saturated rings. The smallest absolute Gasteiger partial charge is 0.417 e. The molecule has 10 nitrogen and oxygen atoms in total. The first-order valence-corrected chi connectivity index (χ1v) is 13.9. The summed E-state index contributed by atoms with van der Waals surface area (Å²) in [7, 11) is 1.69. The van der Waals surface area contributed by atoms with Crippen molar-refractivity contribution in [2.75, 3.05) is 33.5 Å². The lowest BCUT2D eigenvalue weighted by Gasteiger charge is -2.40. The molecule has 13 heteroatoms. The van der Waals surface area contributed by atoms with Crippen molar-refractivity contribution in [2.24, 2.45) is 11.3 Å². The lowest BCUT2D eigenvalue weighted by molar-refractivity contribution is -0.146. The third-order valence-corrected chi connectivity index (χ3v) is 8.29. The van der Waals surface area contributed by atoms with Crippen LogP contribution in [0.3, 0.4) is 0 Å². The molecule has 0 bridgehead atoms. The number of carboxylic acid groups (broad SMARTS) is 1. The quantitative estimate of drug-likeness (QED) is 0.331. The number of nitrogens with one attached hydrogen (secondary N) is 1. The topological polar surface area (TPSA) is 127 Å². The van der Waals surface area contributed by atoms with Gasteiger partial charge in [-0.3, -0.25) is 19.4 Å². The van der Waals surface area contributed by atoms with E-state index in [4.69, 9.17) is 14.6 Å². The molecule has 1 amide bonds. The SMILES string of the molecule is CO[C@@H]1COCC[C@@H]1N[C@@H]1CC[C@@](C(=O)N2CCc3ncc(C(F)(F)F)cc3C2)(C(C)C)C1.O=COCCC(=O)O. The first kappa shape index (κ1) is 32.7. The molecule has 1 saturated heterocycles. The van der Waals surface area contributed by atoms with Gasteiger partial charge in [0.15, 0.2) is 0 Å². The maximum atomic E-state index is 13.8. The van der Waals surface area contributed by atoms with Crippen LogP contribution in [0.2, 0.25) is 0 Å². The van der Waals surface area contributed by atoms with E-state index in [0.29, 0.717) is 37.4 Å². The number of nitrogens with zero attached hydrogens (tertiary/aromatic N) is 2. The second-order valence-corrected chi connectivity index (χ2v) is 11.1. The Labute approximate surface area is 237 Å². The van der Waals surface area contributed by atoms with Crippen LogP contribution in [-0.4, -0.2) is 85.0 Å². The number of hydrogen-bond acceptors (Lipinski definition) is 8. The van der Waals surface area contributed by atoms with Crippen molar-refractivity contribution in [3.8, 4) is 0 Å². The van der Waals surface area contributed by atoms with Crippen molar-refractivity contribution in [3.63, 3.8) is 0 Å². The molecule has 1 aromatic heterocycles. The van der Waals surface area contributed by atoms with Gasteiger partial charge in [-0.25, -0.2) is 0 Å². The van der Waals surface area contributed by atoms with E-state index >= 15 is 0 Å². The number of halogens is 3. The van der Waals surface area contributed by atoms with Crippen molar-refractivity contribution < 1.29 is 46.9 Å². The van der Waals surface area contributed by atoms with Crippen molar-refractivity contribution in [2.45, 2.75) is 83.3 Å². The van der Waals surface area contributed by atoms with E-state index in [1.165, 1.54) is 0 Å². The summed E-state index contributed by atoms with van der Waals surface area (Å²) in [6, 6.07) is 1.55. The number of amides is 1. The number of pyridine rings is 1. The summed E-state index contributed by atoms with van der Waals surface area (Å²) in [5.41, 5.74) is -0.121. The second kappa shape index (κ2) is 14.4. The molecule has 0 unspecified atom stereocenters. The normalized spacial score (nSPS) is 26.1. The van der Waals surface area contributed by atoms with Gasteiger partial charge in [-0.05, 0) is 43.2 Å². The molecule has 2 aliphatic heterocycles. The van der Waals surface area contributed by atoms with Crippen LogP contribution in [0.15, 0.2) is 12.3 Å². The van der Waals surface area contributed by atoms with E-state index < -0.39 is 23.1 Å². The van der Waals surface area contributed by atoms with Crippen LogP contribution < -0.4 is 5.32 Å². The first-order chi connectivity index (χ1) is 19.4. The van der Waals surface area contributed by atoms with E-state index in [0.717, 1.165) is 37.9 Å². The summed E-state index contributed by atoms with van der Waals surface area (Å²) in [6.07, 6.45) is 0.0541. The van der Waals surface area contributed by atoms with E-state index in [1.807, 2.05) is 0 Å². The minimum Gasteiger partial charge on any atom is -0.481 e. The van der Waals surface area contributed by atoms with Crippen LogP contribution in [0.1, 0.15) is 62.8 Å². The summed E-state index contributed by atoms with van der Waals surface area (Å²) >= 11 is 0. The van der Waals surface area contributed by atoms with E-state index in [2.05, 4.69) is 28.9 Å². The highest BCUT2D eigenvalue weighted by Gasteiger charge is 2.50. The number of rotatable bonds is 9. The maximum Gasteiger partial charge on any atom is 0.417 e. The van der Waals surface area contributed by atoms with E-state index in [-0.39, 0.29) is 56.1 Å². The molecule has 230 valence electrons. The highest BCUT2D eigenvalue weighted by Crippen LogP contribution is 2.47.